The Bertz CT molecular complexity index is 751. The molecule has 0 N–H and O–H groups in total. The molecule has 1 atom stereocenters. The van der Waals surface area contributed by atoms with Crippen LogP contribution >= 0.6 is 0 Å². The Kier molecular flexibility index (Phi) is 39.7. The third-order valence-corrected chi connectivity index (χ3v) is 11.6. The number of carbonyl (C=O) groups is 2. The minimum absolute atomic E-state index is 0.0155. The van der Waals surface area contributed by atoms with E-state index in [0.29, 0.717) is 26.1 Å². The van der Waals surface area contributed by atoms with E-state index in [1.165, 1.54) is 173 Å². The predicted octanol–water partition coefficient (Wildman–Crippen LogP) is 14.8. The van der Waals surface area contributed by atoms with Crippen LogP contribution in [0.15, 0.2) is 0 Å². The van der Waals surface area contributed by atoms with E-state index in [4.69, 9.17) is 9.47 Å². The third-order valence-electron chi connectivity index (χ3n) is 11.6. The molecule has 316 valence electrons. The highest BCUT2D eigenvalue weighted by molar-refractivity contribution is 5.69. The third kappa shape index (κ3) is 37.6. The second kappa shape index (κ2) is 40.6. The number of hydrogen-bond donors (Lipinski definition) is 0. The molecule has 5 heteroatoms. The van der Waals surface area contributed by atoms with Gasteiger partial charge >= 0.3 is 11.9 Å². The van der Waals surface area contributed by atoms with Crippen LogP contribution in [0.2, 0.25) is 0 Å². The molecule has 0 spiro atoms. The summed E-state index contributed by atoms with van der Waals surface area (Å²) in [5.74, 6) is 2.28. The molecule has 0 amide bonds. The quantitative estimate of drug-likeness (QED) is 0.0459. The van der Waals surface area contributed by atoms with E-state index in [2.05, 4.69) is 46.7 Å². The molecular formula is C48H95NO4. The molecular weight excluding hydrogens is 655 g/mol. The van der Waals surface area contributed by atoms with E-state index in [1.807, 2.05) is 0 Å². The maximum atomic E-state index is 12.3. The molecule has 0 aromatic rings. The Hall–Kier alpha value is -1.10. The molecule has 0 bridgehead atoms. The van der Waals surface area contributed by atoms with Crippen molar-refractivity contribution in [3.8, 4) is 0 Å². The van der Waals surface area contributed by atoms with Crippen molar-refractivity contribution < 1.29 is 19.1 Å². The van der Waals surface area contributed by atoms with Crippen LogP contribution in [-0.2, 0) is 19.1 Å². The Morgan fingerprint density at radius 3 is 0.981 bits per heavy atom. The molecule has 0 fully saturated rings. The van der Waals surface area contributed by atoms with E-state index < -0.39 is 0 Å². The van der Waals surface area contributed by atoms with Crippen molar-refractivity contribution in [3.63, 3.8) is 0 Å². The molecule has 0 saturated heterocycles. The largest absolute Gasteiger partial charge is 0.466 e. The van der Waals surface area contributed by atoms with Crippen molar-refractivity contribution in [3.05, 3.63) is 0 Å². The van der Waals surface area contributed by atoms with Crippen molar-refractivity contribution in [2.24, 2.45) is 17.8 Å². The van der Waals surface area contributed by atoms with Gasteiger partial charge in [-0.25, -0.2) is 0 Å². The van der Waals surface area contributed by atoms with E-state index >= 15 is 0 Å². The number of esters is 2. The molecule has 0 radical (unpaired) electrons. The smallest absolute Gasteiger partial charge is 0.305 e. The second-order valence-corrected chi connectivity index (χ2v) is 17.2. The minimum atomic E-state index is 0.0155. The van der Waals surface area contributed by atoms with Gasteiger partial charge in [0.1, 0.15) is 0 Å². The van der Waals surface area contributed by atoms with Crippen LogP contribution in [0.3, 0.4) is 0 Å². The second-order valence-electron chi connectivity index (χ2n) is 17.2. The summed E-state index contributed by atoms with van der Waals surface area (Å²) in [4.78, 5) is 27.0. The zero-order valence-corrected chi connectivity index (χ0v) is 37.0. The number of ether oxygens (including phenoxy) is 2. The summed E-state index contributed by atoms with van der Waals surface area (Å²) in [6.07, 6.45) is 41.4. The number of hydrogen-bond acceptors (Lipinski definition) is 5. The zero-order chi connectivity index (χ0) is 39.0. The lowest BCUT2D eigenvalue weighted by molar-refractivity contribution is -0.145. The molecule has 0 rings (SSSR count). The maximum Gasteiger partial charge on any atom is 0.305 e. The fourth-order valence-corrected chi connectivity index (χ4v) is 8.08. The summed E-state index contributed by atoms with van der Waals surface area (Å²) in [6.45, 7) is 11.5. The topological polar surface area (TPSA) is 55.8 Å². The van der Waals surface area contributed by atoms with Gasteiger partial charge in [-0.3, -0.25) is 9.59 Å². The lowest BCUT2D eigenvalue weighted by Gasteiger charge is -2.21. The summed E-state index contributed by atoms with van der Waals surface area (Å²) < 4.78 is 11.3. The van der Waals surface area contributed by atoms with Crippen molar-refractivity contribution in [2.75, 3.05) is 33.9 Å². The van der Waals surface area contributed by atoms with Gasteiger partial charge in [0.15, 0.2) is 0 Å². The van der Waals surface area contributed by atoms with E-state index in [-0.39, 0.29) is 11.9 Å². The summed E-state index contributed by atoms with van der Waals surface area (Å²) in [7, 11) is 4.42. The van der Waals surface area contributed by atoms with Crippen molar-refractivity contribution in [1.29, 1.82) is 0 Å². The highest BCUT2D eigenvalue weighted by Crippen LogP contribution is 2.23. The molecule has 0 aliphatic heterocycles. The highest BCUT2D eigenvalue weighted by atomic mass is 16.5. The maximum absolute atomic E-state index is 12.3. The molecule has 0 saturated carbocycles. The van der Waals surface area contributed by atoms with E-state index in [0.717, 1.165) is 56.3 Å². The van der Waals surface area contributed by atoms with Gasteiger partial charge in [0, 0.05) is 19.4 Å². The van der Waals surface area contributed by atoms with E-state index in [9.17, 15) is 9.59 Å². The SMILES string of the molecule is CCCCCC(CCCCC)CCOC(=O)CCCCCCCCCC(CCCCCCCC(=O)OCCC(CCCCC)CCCCC)CN(C)C. The predicted molar refractivity (Wildman–Crippen MR) is 231 cm³/mol. The van der Waals surface area contributed by atoms with Crippen molar-refractivity contribution in [1.82, 2.24) is 4.90 Å². The Morgan fingerprint density at radius 1 is 0.377 bits per heavy atom. The summed E-state index contributed by atoms with van der Waals surface area (Å²) in [6, 6.07) is 0. The Balaban J connectivity index is 3.93. The molecule has 53 heavy (non-hydrogen) atoms. The standard InChI is InChI=1S/C48H95NO4/c1-7-11-23-31-44(32-24-12-8-2)39-41-52-47(50)37-29-21-17-15-16-19-27-35-46(43-49(5)6)36-28-20-18-22-30-38-48(51)53-42-40-45(33-25-13-9-3)34-26-14-10-4/h44-46H,7-43H2,1-6H3. The minimum Gasteiger partial charge on any atom is -0.466 e. The fourth-order valence-electron chi connectivity index (χ4n) is 8.08. The van der Waals surface area contributed by atoms with Crippen LogP contribution in [0.25, 0.3) is 0 Å². The lowest BCUT2D eigenvalue weighted by Crippen LogP contribution is -2.21. The molecule has 0 aromatic carbocycles. The zero-order valence-electron chi connectivity index (χ0n) is 37.0. The average Bonchev–Trinajstić information content (AvgIpc) is 3.13. The molecule has 5 nitrogen and oxygen atoms in total. The van der Waals surface area contributed by atoms with E-state index in [1.54, 1.807) is 0 Å². The molecule has 0 aliphatic rings. The van der Waals surface area contributed by atoms with Crippen LogP contribution in [0.5, 0.6) is 0 Å². The first-order valence-corrected chi connectivity index (χ1v) is 23.8. The summed E-state index contributed by atoms with van der Waals surface area (Å²) in [5.41, 5.74) is 0. The van der Waals surface area contributed by atoms with Gasteiger partial charge < -0.3 is 14.4 Å². The van der Waals surface area contributed by atoms with Gasteiger partial charge in [-0.2, -0.15) is 0 Å². The normalized spacial score (nSPS) is 12.3. The first-order valence-electron chi connectivity index (χ1n) is 23.8. The van der Waals surface area contributed by atoms with Gasteiger partial charge in [0.05, 0.1) is 13.2 Å². The van der Waals surface area contributed by atoms with Gasteiger partial charge in [-0.15, -0.1) is 0 Å². The first-order chi connectivity index (χ1) is 25.9. The fraction of sp³-hybridized carbons (Fsp3) is 0.958. The highest BCUT2D eigenvalue weighted by Gasteiger charge is 2.13. The van der Waals surface area contributed by atoms with Crippen LogP contribution in [0.4, 0.5) is 0 Å². The van der Waals surface area contributed by atoms with Crippen LogP contribution in [0.1, 0.15) is 246 Å². The van der Waals surface area contributed by atoms with Gasteiger partial charge in [0.2, 0.25) is 0 Å². The van der Waals surface area contributed by atoms with Gasteiger partial charge in [-0.1, -0.05) is 195 Å². The number of carbonyl (C=O) groups excluding carboxylic acids is 2. The molecule has 0 aromatic heterocycles. The van der Waals surface area contributed by atoms with Crippen LogP contribution in [-0.4, -0.2) is 50.7 Å². The monoisotopic (exact) mass is 750 g/mol. The van der Waals surface area contributed by atoms with Crippen LogP contribution in [0, 0.1) is 17.8 Å². The molecule has 1 unspecified atom stereocenters. The Morgan fingerprint density at radius 2 is 0.660 bits per heavy atom. The Labute approximate surface area is 332 Å². The summed E-state index contributed by atoms with van der Waals surface area (Å²) >= 11 is 0. The van der Waals surface area contributed by atoms with Gasteiger partial charge in [-0.05, 0) is 70.4 Å². The number of nitrogens with zero attached hydrogens (tertiary/aromatic N) is 1. The molecule has 0 heterocycles. The molecule has 0 aliphatic carbocycles. The lowest BCUT2D eigenvalue weighted by atomic mass is 9.92. The number of unbranched alkanes of at least 4 members (excludes halogenated alkanes) is 18. The van der Waals surface area contributed by atoms with Crippen LogP contribution < -0.4 is 0 Å². The first kappa shape index (κ1) is 51.9. The summed E-state index contributed by atoms with van der Waals surface area (Å²) in [5, 5.41) is 0. The number of rotatable bonds is 42. The van der Waals surface area contributed by atoms with Gasteiger partial charge in [0.25, 0.3) is 0 Å². The van der Waals surface area contributed by atoms with Crippen molar-refractivity contribution >= 4 is 11.9 Å². The average molecular weight is 750 g/mol. The van der Waals surface area contributed by atoms with Crippen molar-refractivity contribution in [2.45, 2.75) is 246 Å².